The first-order chi connectivity index (χ1) is 9.97. The second kappa shape index (κ2) is 4.92. The van der Waals surface area contributed by atoms with E-state index in [1.54, 1.807) is 12.1 Å². The molecule has 0 aromatic heterocycles. The van der Waals surface area contributed by atoms with Crippen LogP contribution < -0.4 is 4.74 Å². The molecule has 1 aliphatic carbocycles. The number of fused-ring (bicyclic) bond motifs is 1. The van der Waals surface area contributed by atoms with Crippen molar-refractivity contribution in [2.24, 2.45) is 0 Å². The van der Waals surface area contributed by atoms with Crippen LogP contribution in [0, 0.1) is 11.3 Å². The summed E-state index contributed by atoms with van der Waals surface area (Å²) in [6, 6.07) is 7.52. The van der Waals surface area contributed by atoms with Gasteiger partial charge in [-0.05, 0) is 32.0 Å². The van der Waals surface area contributed by atoms with Crippen molar-refractivity contribution in [3.63, 3.8) is 0 Å². The number of rotatable bonds is 2. The first-order valence-corrected chi connectivity index (χ1v) is 7.10. The van der Waals surface area contributed by atoms with Crippen molar-refractivity contribution < 1.29 is 14.3 Å². The predicted octanol–water partition coefficient (Wildman–Crippen LogP) is 3.42. The number of ketones is 1. The van der Waals surface area contributed by atoms with Gasteiger partial charge in [0.2, 0.25) is 0 Å². The van der Waals surface area contributed by atoms with E-state index in [2.05, 4.69) is 6.07 Å². The Labute approximate surface area is 124 Å². The van der Waals surface area contributed by atoms with Crippen molar-refractivity contribution in [2.75, 3.05) is 0 Å². The van der Waals surface area contributed by atoms with Gasteiger partial charge in [0, 0.05) is 30.9 Å². The lowest BCUT2D eigenvalue weighted by molar-refractivity contribution is -0.114. The average molecular weight is 283 g/mol. The van der Waals surface area contributed by atoms with Crippen LogP contribution in [0.25, 0.3) is 0 Å². The molecule has 21 heavy (non-hydrogen) atoms. The summed E-state index contributed by atoms with van der Waals surface area (Å²) in [5, 5.41) is 9.06. The van der Waals surface area contributed by atoms with E-state index in [4.69, 9.17) is 14.7 Å². The van der Waals surface area contributed by atoms with Gasteiger partial charge in [0.25, 0.3) is 0 Å². The van der Waals surface area contributed by atoms with Crippen LogP contribution in [0.15, 0.2) is 30.0 Å². The molecule has 0 amide bonds. The molecule has 108 valence electrons. The molecule has 0 saturated heterocycles. The zero-order chi connectivity index (χ0) is 15.0. The highest BCUT2D eigenvalue weighted by Crippen LogP contribution is 2.43. The van der Waals surface area contributed by atoms with Crippen molar-refractivity contribution in [1.29, 1.82) is 5.26 Å². The van der Waals surface area contributed by atoms with E-state index in [0.717, 1.165) is 17.1 Å². The minimum atomic E-state index is -0.338. The molecule has 0 bridgehead atoms. The van der Waals surface area contributed by atoms with Crippen LogP contribution in [0.1, 0.15) is 50.3 Å². The maximum absolute atomic E-state index is 11.3. The third-order valence-corrected chi connectivity index (χ3v) is 3.78. The molecular formula is C17H17NO3. The van der Waals surface area contributed by atoms with E-state index >= 15 is 0 Å². The van der Waals surface area contributed by atoms with Crippen molar-refractivity contribution in [1.82, 2.24) is 0 Å². The minimum Gasteiger partial charge on any atom is -0.490 e. The molecule has 2 aliphatic rings. The summed E-state index contributed by atoms with van der Waals surface area (Å²) in [7, 11) is 0. The lowest BCUT2D eigenvalue weighted by atomic mass is 9.90. The molecular weight excluding hydrogens is 266 g/mol. The second-order valence-corrected chi connectivity index (χ2v) is 6.11. The number of hydrogen-bond donors (Lipinski definition) is 0. The molecule has 1 atom stereocenters. The summed E-state index contributed by atoms with van der Waals surface area (Å²) in [5.41, 5.74) is 1.13. The number of carbonyl (C=O) groups is 1. The van der Waals surface area contributed by atoms with Gasteiger partial charge in [-0.2, -0.15) is 5.26 Å². The number of nitrogens with zero attached hydrogens (tertiary/aromatic N) is 1. The van der Waals surface area contributed by atoms with E-state index in [-0.39, 0.29) is 17.5 Å². The molecule has 3 rings (SSSR count). The number of carbonyl (C=O) groups excluding carboxylic acids is 1. The zero-order valence-electron chi connectivity index (χ0n) is 12.2. The van der Waals surface area contributed by atoms with Crippen LogP contribution in [0.2, 0.25) is 0 Å². The van der Waals surface area contributed by atoms with E-state index in [9.17, 15) is 4.79 Å². The highest BCUT2D eigenvalue weighted by Gasteiger charge is 2.36. The Morgan fingerprint density at radius 2 is 2.19 bits per heavy atom. The molecule has 1 unspecified atom stereocenters. The normalized spacial score (nSPS) is 22.8. The maximum Gasteiger partial charge on any atom is 0.159 e. The quantitative estimate of drug-likeness (QED) is 0.834. The van der Waals surface area contributed by atoms with Crippen LogP contribution in [-0.2, 0) is 9.53 Å². The molecule has 1 aromatic carbocycles. The summed E-state index contributed by atoms with van der Waals surface area (Å²) in [5.74, 6) is 1.60. The summed E-state index contributed by atoms with van der Waals surface area (Å²) in [4.78, 5) is 11.3. The molecule has 1 heterocycles. The Kier molecular flexibility index (Phi) is 3.21. The van der Waals surface area contributed by atoms with E-state index in [1.165, 1.54) is 0 Å². The van der Waals surface area contributed by atoms with Gasteiger partial charge in [0.05, 0.1) is 11.6 Å². The first-order valence-electron chi connectivity index (χ1n) is 7.10. The molecule has 0 saturated carbocycles. The van der Waals surface area contributed by atoms with Gasteiger partial charge in [-0.1, -0.05) is 0 Å². The van der Waals surface area contributed by atoms with Gasteiger partial charge >= 0.3 is 0 Å². The first kappa shape index (κ1) is 13.7. The molecule has 4 heteroatoms. The van der Waals surface area contributed by atoms with Crippen LogP contribution in [0.4, 0.5) is 0 Å². The minimum absolute atomic E-state index is 0.113. The van der Waals surface area contributed by atoms with Crippen LogP contribution >= 0.6 is 0 Å². The molecule has 0 spiro atoms. The Balaban J connectivity index is 1.95. The summed E-state index contributed by atoms with van der Waals surface area (Å²) in [6.45, 7) is 4.03. The Bertz CT molecular complexity index is 667. The van der Waals surface area contributed by atoms with Crippen LogP contribution in [0.5, 0.6) is 5.75 Å². The number of nitriles is 1. The zero-order valence-corrected chi connectivity index (χ0v) is 12.2. The Morgan fingerprint density at radius 1 is 1.38 bits per heavy atom. The molecule has 0 N–H and O–H groups in total. The van der Waals surface area contributed by atoms with Gasteiger partial charge in [-0.15, -0.1) is 0 Å². The number of hydrogen-bond acceptors (Lipinski definition) is 4. The highest BCUT2D eigenvalue weighted by atomic mass is 16.5. The lowest BCUT2D eigenvalue weighted by Gasteiger charge is -2.37. The van der Waals surface area contributed by atoms with Gasteiger partial charge < -0.3 is 9.47 Å². The fraction of sp³-hybridized carbons (Fsp3) is 0.412. The fourth-order valence-electron chi connectivity index (χ4n) is 2.81. The largest absolute Gasteiger partial charge is 0.490 e. The summed E-state index contributed by atoms with van der Waals surface area (Å²) in [6.07, 6.45) is 3.25. The van der Waals surface area contributed by atoms with Crippen LogP contribution in [-0.4, -0.2) is 11.4 Å². The molecule has 1 aromatic rings. The highest BCUT2D eigenvalue weighted by molar-refractivity contribution is 5.92. The monoisotopic (exact) mass is 283 g/mol. The van der Waals surface area contributed by atoms with Crippen molar-refractivity contribution in [3.8, 4) is 11.8 Å². The average Bonchev–Trinajstić information content (AvgIpc) is 2.82. The molecule has 4 nitrogen and oxygen atoms in total. The van der Waals surface area contributed by atoms with Crippen molar-refractivity contribution in [2.45, 2.75) is 44.8 Å². The topological polar surface area (TPSA) is 59.3 Å². The maximum atomic E-state index is 11.3. The van der Waals surface area contributed by atoms with Gasteiger partial charge in [-0.3, -0.25) is 4.79 Å². The van der Waals surface area contributed by atoms with Crippen LogP contribution in [0.3, 0.4) is 0 Å². The standard InChI is InChI=1S/C17H17NO3/c1-17(2)9-16(20-13-5-4-12(19)8-13)14-7-11(10-18)3-6-15(14)21-17/h3,6-8,16H,4-5,9H2,1-2H3. The van der Waals surface area contributed by atoms with E-state index in [1.807, 2.05) is 26.0 Å². The van der Waals surface area contributed by atoms with Crippen molar-refractivity contribution >= 4 is 5.78 Å². The van der Waals surface area contributed by atoms with Crippen molar-refractivity contribution in [3.05, 3.63) is 41.2 Å². The number of ether oxygens (including phenoxy) is 2. The number of allylic oxidation sites excluding steroid dienone is 2. The van der Waals surface area contributed by atoms with E-state index in [0.29, 0.717) is 24.8 Å². The summed E-state index contributed by atoms with van der Waals surface area (Å²) >= 11 is 0. The number of benzene rings is 1. The van der Waals surface area contributed by atoms with Gasteiger partial charge in [0.15, 0.2) is 5.78 Å². The third kappa shape index (κ3) is 2.78. The smallest absolute Gasteiger partial charge is 0.159 e. The molecule has 0 fully saturated rings. The third-order valence-electron chi connectivity index (χ3n) is 3.78. The Morgan fingerprint density at radius 3 is 2.86 bits per heavy atom. The van der Waals surface area contributed by atoms with Gasteiger partial charge in [-0.25, -0.2) is 0 Å². The van der Waals surface area contributed by atoms with Gasteiger partial charge in [0.1, 0.15) is 23.2 Å². The fourth-order valence-corrected chi connectivity index (χ4v) is 2.81. The molecule has 1 aliphatic heterocycles. The second-order valence-electron chi connectivity index (χ2n) is 6.11. The predicted molar refractivity (Wildman–Crippen MR) is 76.6 cm³/mol. The molecule has 0 radical (unpaired) electrons. The lowest BCUT2D eigenvalue weighted by Crippen LogP contribution is -2.35. The summed E-state index contributed by atoms with van der Waals surface area (Å²) < 4.78 is 12.0. The Hall–Kier alpha value is -2.28. The van der Waals surface area contributed by atoms with E-state index < -0.39 is 0 Å². The SMILES string of the molecule is CC1(C)CC(OC2=CC(=O)CC2)c2cc(C#N)ccc2O1.